The number of rotatable bonds is 5. The average Bonchev–Trinajstić information content (AvgIpc) is 2.90. The summed E-state index contributed by atoms with van der Waals surface area (Å²) in [6.45, 7) is 6.78. The molecule has 2 aliphatic heterocycles. The molecule has 1 N–H and O–H groups in total. The molecule has 2 aromatic rings. The quantitative estimate of drug-likeness (QED) is 0.901. The van der Waals surface area contributed by atoms with Crippen LogP contribution in [-0.4, -0.2) is 45.4 Å². The summed E-state index contributed by atoms with van der Waals surface area (Å²) in [7, 11) is 0. The van der Waals surface area contributed by atoms with Crippen LogP contribution in [0.2, 0.25) is 0 Å². The van der Waals surface area contributed by atoms with E-state index in [0.717, 1.165) is 64.2 Å². The molecule has 4 heterocycles. The van der Waals surface area contributed by atoms with Crippen molar-refractivity contribution < 1.29 is 4.74 Å². The summed E-state index contributed by atoms with van der Waals surface area (Å²) in [6, 6.07) is 8.23. The van der Waals surface area contributed by atoms with Crippen molar-refractivity contribution in [1.82, 2.24) is 25.0 Å². The Balaban J connectivity index is 1.24. The molecule has 6 nitrogen and oxygen atoms in total. The number of nitrogens with one attached hydrogen (secondary N) is 1. The van der Waals surface area contributed by atoms with Crippen molar-refractivity contribution in [3.63, 3.8) is 0 Å². The van der Waals surface area contributed by atoms with Gasteiger partial charge < -0.3 is 10.1 Å². The summed E-state index contributed by atoms with van der Waals surface area (Å²) in [6.07, 6.45) is 5.50. The molecule has 1 fully saturated rings. The monoisotopic (exact) mass is 341 g/mol. The van der Waals surface area contributed by atoms with E-state index in [-0.39, 0.29) is 0 Å². The molecule has 2 aliphatic rings. The van der Waals surface area contributed by atoms with E-state index in [2.05, 4.69) is 25.9 Å². The van der Waals surface area contributed by atoms with E-state index in [1.54, 1.807) is 0 Å². The molecular weight excluding hydrogens is 314 g/mol. The molecule has 0 aromatic carbocycles. The van der Waals surface area contributed by atoms with Crippen LogP contribution in [0.25, 0.3) is 0 Å². The van der Waals surface area contributed by atoms with E-state index in [1.165, 1.54) is 11.4 Å². The minimum atomic E-state index is 0.348. The molecule has 0 unspecified atom stereocenters. The summed E-state index contributed by atoms with van der Waals surface area (Å²) < 4.78 is 8.21. The lowest BCUT2D eigenvalue weighted by Gasteiger charge is -2.31. The number of hydrogen-bond acceptors (Lipinski definition) is 5. The molecule has 0 aliphatic carbocycles. The van der Waals surface area contributed by atoms with Crippen LogP contribution in [0.5, 0.6) is 0 Å². The Bertz CT molecular complexity index is 640. The Labute approximate surface area is 149 Å². The van der Waals surface area contributed by atoms with E-state index in [4.69, 9.17) is 9.84 Å². The van der Waals surface area contributed by atoms with Gasteiger partial charge in [-0.1, -0.05) is 6.07 Å². The van der Waals surface area contributed by atoms with Crippen molar-refractivity contribution in [3.05, 3.63) is 47.5 Å². The standard InChI is InChI=1S/C19H27N5O/c1-2-8-21-16(4-1)15-25-19-5-10-23(11-6-19)14-17-12-18-13-20-7-3-9-24(18)22-17/h1-2,4,8,12,19-20H,3,5-7,9-11,13-15H2. The van der Waals surface area contributed by atoms with Gasteiger partial charge in [0.1, 0.15) is 0 Å². The number of pyridine rings is 1. The number of hydrogen-bond donors (Lipinski definition) is 1. The third-order valence-electron chi connectivity index (χ3n) is 5.06. The Hall–Kier alpha value is -1.76. The van der Waals surface area contributed by atoms with Gasteiger partial charge in [0.05, 0.1) is 29.8 Å². The maximum Gasteiger partial charge on any atom is 0.0891 e. The third-order valence-corrected chi connectivity index (χ3v) is 5.06. The van der Waals surface area contributed by atoms with Gasteiger partial charge in [-0.2, -0.15) is 5.10 Å². The molecule has 6 heteroatoms. The van der Waals surface area contributed by atoms with Gasteiger partial charge in [0.2, 0.25) is 0 Å². The minimum absolute atomic E-state index is 0.348. The fraction of sp³-hybridized carbons (Fsp3) is 0.579. The normalized spacial score (nSPS) is 19.5. The number of ether oxygens (including phenoxy) is 1. The number of aryl methyl sites for hydroxylation is 1. The number of nitrogens with zero attached hydrogens (tertiary/aromatic N) is 4. The first-order valence-corrected chi connectivity index (χ1v) is 9.37. The molecule has 1 saturated heterocycles. The molecule has 0 amide bonds. The van der Waals surface area contributed by atoms with Crippen LogP contribution in [0.3, 0.4) is 0 Å². The van der Waals surface area contributed by atoms with Crippen LogP contribution in [0.15, 0.2) is 30.5 Å². The van der Waals surface area contributed by atoms with Crippen molar-refractivity contribution in [2.24, 2.45) is 0 Å². The van der Waals surface area contributed by atoms with E-state index in [9.17, 15) is 0 Å². The number of piperidine rings is 1. The van der Waals surface area contributed by atoms with Crippen molar-refractivity contribution in [3.8, 4) is 0 Å². The van der Waals surface area contributed by atoms with E-state index in [1.807, 2.05) is 24.4 Å². The average molecular weight is 341 g/mol. The SMILES string of the molecule is c1ccc(COC2CCN(Cc3cc4n(n3)CCCNC4)CC2)nc1. The van der Waals surface area contributed by atoms with Crippen LogP contribution < -0.4 is 5.32 Å². The third kappa shape index (κ3) is 4.45. The Morgan fingerprint density at radius 2 is 2.08 bits per heavy atom. The molecule has 2 aromatic heterocycles. The first-order valence-electron chi connectivity index (χ1n) is 9.37. The van der Waals surface area contributed by atoms with Crippen LogP contribution >= 0.6 is 0 Å². The first kappa shape index (κ1) is 16.7. The predicted octanol–water partition coefficient (Wildman–Crippen LogP) is 1.95. The fourth-order valence-electron chi connectivity index (χ4n) is 3.65. The summed E-state index contributed by atoms with van der Waals surface area (Å²) in [5.41, 5.74) is 3.53. The van der Waals surface area contributed by atoms with Gasteiger partial charge >= 0.3 is 0 Å². The number of aromatic nitrogens is 3. The highest BCUT2D eigenvalue weighted by Gasteiger charge is 2.21. The van der Waals surface area contributed by atoms with Gasteiger partial charge in [-0.15, -0.1) is 0 Å². The summed E-state index contributed by atoms with van der Waals surface area (Å²) in [4.78, 5) is 6.82. The first-order chi connectivity index (χ1) is 12.4. The van der Waals surface area contributed by atoms with Crippen LogP contribution in [0.1, 0.15) is 36.3 Å². The second kappa shape index (κ2) is 8.08. The lowest BCUT2D eigenvalue weighted by molar-refractivity contribution is -0.00545. The summed E-state index contributed by atoms with van der Waals surface area (Å²) in [5, 5.41) is 8.25. The molecule has 0 spiro atoms. The lowest BCUT2D eigenvalue weighted by Crippen LogP contribution is -2.36. The van der Waals surface area contributed by atoms with Crippen LogP contribution in [0.4, 0.5) is 0 Å². The second-order valence-electron chi connectivity index (χ2n) is 6.99. The van der Waals surface area contributed by atoms with Gasteiger partial charge in [0, 0.05) is 38.9 Å². The predicted molar refractivity (Wildman–Crippen MR) is 95.9 cm³/mol. The number of fused-ring (bicyclic) bond motifs is 1. The largest absolute Gasteiger partial charge is 0.372 e. The zero-order chi connectivity index (χ0) is 16.9. The van der Waals surface area contributed by atoms with Gasteiger partial charge in [-0.3, -0.25) is 14.6 Å². The number of likely N-dealkylation sites (tertiary alicyclic amines) is 1. The topological polar surface area (TPSA) is 55.2 Å². The fourth-order valence-corrected chi connectivity index (χ4v) is 3.65. The molecular formula is C19H27N5O. The van der Waals surface area contributed by atoms with E-state index >= 15 is 0 Å². The molecule has 0 radical (unpaired) electrons. The highest BCUT2D eigenvalue weighted by molar-refractivity contribution is 5.11. The van der Waals surface area contributed by atoms with Crippen molar-refractivity contribution in [1.29, 1.82) is 0 Å². The molecule has 0 saturated carbocycles. The van der Waals surface area contributed by atoms with Gasteiger partial charge in [0.25, 0.3) is 0 Å². The molecule has 0 atom stereocenters. The van der Waals surface area contributed by atoms with Crippen LogP contribution in [-0.2, 0) is 31.0 Å². The Kier molecular flexibility index (Phi) is 5.40. The summed E-state index contributed by atoms with van der Waals surface area (Å²) in [5.74, 6) is 0. The zero-order valence-electron chi connectivity index (χ0n) is 14.7. The molecule has 0 bridgehead atoms. The van der Waals surface area contributed by atoms with E-state index in [0.29, 0.717) is 12.7 Å². The Morgan fingerprint density at radius 3 is 2.92 bits per heavy atom. The summed E-state index contributed by atoms with van der Waals surface area (Å²) >= 11 is 0. The lowest BCUT2D eigenvalue weighted by atomic mass is 10.1. The smallest absolute Gasteiger partial charge is 0.0891 e. The highest BCUT2D eigenvalue weighted by atomic mass is 16.5. The highest BCUT2D eigenvalue weighted by Crippen LogP contribution is 2.18. The molecule has 134 valence electrons. The minimum Gasteiger partial charge on any atom is -0.372 e. The second-order valence-corrected chi connectivity index (χ2v) is 6.99. The van der Waals surface area contributed by atoms with E-state index < -0.39 is 0 Å². The Morgan fingerprint density at radius 1 is 1.16 bits per heavy atom. The van der Waals surface area contributed by atoms with Gasteiger partial charge in [-0.05, 0) is 44.0 Å². The van der Waals surface area contributed by atoms with Crippen molar-refractivity contribution in [2.75, 3.05) is 19.6 Å². The maximum atomic E-state index is 6.03. The van der Waals surface area contributed by atoms with Crippen LogP contribution in [0, 0.1) is 0 Å². The van der Waals surface area contributed by atoms with Crippen molar-refractivity contribution >= 4 is 0 Å². The van der Waals surface area contributed by atoms with Gasteiger partial charge in [-0.25, -0.2) is 0 Å². The zero-order valence-corrected chi connectivity index (χ0v) is 14.7. The van der Waals surface area contributed by atoms with Crippen molar-refractivity contribution in [2.45, 2.75) is 51.6 Å². The maximum absolute atomic E-state index is 6.03. The molecule has 25 heavy (non-hydrogen) atoms. The van der Waals surface area contributed by atoms with Gasteiger partial charge in [0.15, 0.2) is 0 Å². The molecule has 4 rings (SSSR count).